The molecule has 0 saturated carbocycles. The molecule has 0 bridgehead atoms. The quantitative estimate of drug-likeness (QED) is 0.561. The lowest BCUT2D eigenvalue weighted by Crippen LogP contribution is -1.92. The highest BCUT2D eigenvalue weighted by atomic mass is 16.5. The Morgan fingerprint density at radius 3 is 2.06 bits per heavy atom. The van der Waals surface area contributed by atoms with E-state index in [1.54, 1.807) is 0 Å². The van der Waals surface area contributed by atoms with Crippen LogP contribution in [0.25, 0.3) is 0 Å². The van der Waals surface area contributed by atoms with Crippen LogP contribution in [0.5, 0.6) is 0 Å². The third-order valence-electron chi connectivity index (χ3n) is 1.46. The number of nitriles is 1. The Bertz CT molecular complexity index is 170. The van der Waals surface area contributed by atoms with E-state index in [4.69, 9.17) is 15.1 Å². The molecule has 0 aromatic heterocycles. The molecule has 4 heteroatoms. The number of carboxylic acids is 1. The van der Waals surface area contributed by atoms with Gasteiger partial charge < -0.3 is 9.84 Å². The van der Waals surface area contributed by atoms with Crippen LogP contribution < -0.4 is 0 Å². The number of carboxylic acid groups (broad SMARTS) is 1. The zero-order chi connectivity index (χ0) is 13.4. The van der Waals surface area contributed by atoms with Crippen molar-refractivity contribution in [3.05, 3.63) is 12.2 Å². The lowest BCUT2D eigenvalue weighted by atomic mass is 10.3. The Morgan fingerprint density at radius 1 is 1.38 bits per heavy atom. The highest BCUT2D eigenvalue weighted by molar-refractivity contribution is 5.84. The number of hydrogen-bond acceptors (Lipinski definition) is 3. The summed E-state index contributed by atoms with van der Waals surface area (Å²) in [6, 6.07) is 0. The van der Waals surface area contributed by atoms with Gasteiger partial charge in [-0.05, 0) is 20.3 Å². The molecule has 1 N–H and O–H groups in total. The molecule has 0 rings (SSSR count). The standard InChI is InChI=1S/C7H16O.C4H6O2.CHN/c1-3-5-6-7-8-4-2;1-3(2)4(5)6;1-2/h3-7H2,1-2H3;1H2,2H3,(H,5,6);1H. The summed E-state index contributed by atoms with van der Waals surface area (Å²) < 4.78 is 5.14. The number of aliphatic carboxylic acids is 1. The lowest BCUT2D eigenvalue weighted by molar-refractivity contribution is -0.132. The summed E-state index contributed by atoms with van der Waals surface area (Å²) >= 11 is 0. The van der Waals surface area contributed by atoms with Crippen LogP contribution in [0.4, 0.5) is 0 Å². The summed E-state index contributed by atoms with van der Waals surface area (Å²) in [5, 5.41) is 14.4. The van der Waals surface area contributed by atoms with Gasteiger partial charge in [0.05, 0.1) is 0 Å². The first kappa shape index (κ1) is 20.1. The number of rotatable bonds is 6. The van der Waals surface area contributed by atoms with Crippen molar-refractivity contribution < 1.29 is 14.6 Å². The summed E-state index contributed by atoms with van der Waals surface area (Å²) in [7, 11) is 0. The minimum Gasteiger partial charge on any atom is -0.478 e. The van der Waals surface area contributed by atoms with Crippen molar-refractivity contribution >= 4 is 5.97 Å². The maximum atomic E-state index is 9.60. The monoisotopic (exact) mass is 229 g/mol. The first-order valence-electron chi connectivity index (χ1n) is 5.28. The Morgan fingerprint density at radius 2 is 1.81 bits per heavy atom. The van der Waals surface area contributed by atoms with Crippen LogP contribution in [-0.2, 0) is 9.53 Å². The van der Waals surface area contributed by atoms with Gasteiger partial charge in [-0.15, -0.1) is 0 Å². The molecule has 0 aliphatic heterocycles. The van der Waals surface area contributed by atoms with E-state index in [9.17, 15) is 4.79 Å². The van der Waals surface area contributed by atoms with E-state index < -0.39 is 5.97 Å². The minimum absolute atomic E-state index is 0.176. The zero-order valence-electron chi connectivity index (χ0n) is 10.5. The normalized spacial score (nSPS) is 7.81. The van der Waals surface area contributed by atoms with Gasteiger partial charge >= 0.3 is 5.97 Å². The molecule has 0 aromatic carbocycles. The number of hydrogen-bond donors (Lipinski definition) is 1. The first-order chi connectivity index (χ1) is 7.56. The highest BCUT2D eigenvalue weighted by Crippen LogP contribution is 1.92. The van der Waals surface area contributed by atoms with Crippen LogP contribution in [0.1, 0.15) is 40.0 Å². The summed E-state index contributed by atoms with van der Waals surface area (Å²) in [5.74, 6) is -0.935. The third-order valence-corrected chi connectivity index (χ3v) is 1.46. The molecule has 16 heavy (non-hydrogen) atoms. The van der Waals surface area contributed by atoms with Gasteiger partial charge in [-0.3, -0.25) is 0 Å². The summed E-state index contributed by atoms with van der Waals surface area (Å²) in [6.45, 7) is 14.1. The molecular weight excluding hydrogens is 206 g/mol. The number of nitrogens with zero attached hydrogens (tertiary/aromatic N) is 1. The second kappa shape index (κ2) is 19.3. The van der Waals surface area contributed by atoms with Crippen molar-refractivity contribution in [1.82, 2.24) is 0 Å². The van der Waals surface area contributed by atoms with Crippen LogP contribution in [-0.4, -0.2) is 24.3 Å². The van der Waals surface area contributed by atoms with Crippen molar-refractivity contribution in [3.8, 4) is 6.57 Å². The smallest absolute Gasteiger partial charge is 0.330 e. The SMILES string of the molecule is C#N.C=C(C)C(=O)O.CCCCCOCC. The van der Waals surface area contributed by atoms with Gasteiger partial charge in [-0.2, -0.15) is 0 Å². The number of unbranched alkanes of at least 4 members (excludes halogenated alkanes) is 2. The molecule has 4 nitrogen and oxygen atoms in total. The Kier molecular flexibility index (Phi) is 24.2. The van der Waals surface area contributed by atoms with Gasteiger partial charge in [0.15, 0.2) is 0 Å². The molecule has 0 fully saturated rings. The fourth-order valence-corrected chi connectivity index (χ4v) is 0.598. The molecule has 0 saturated heterocycles. The first-order valence-corrected chi connectivity index (χ1v) is 5.28. The second-order valence-electron chi connectivity index (χ2n) is 2.99. The zero-order valence-corrected chi connectivity index (χ0v) is 10.5. The van der Waals surface area contributed by atoms with E-state index in [-0.39, 0.29) is 5.57 Å². The topological polar surface area (TPSA) is 70.3 Å². The molecule has 0 aliphatic carbocycles. The predicted molar refractivity (Wildman–Crippen MR) is 65.1 cm³/mol. The third kappa shape index (κ3) is 29.3. The molecule has 0 amide bonds. The Labute approximate surface area is 98.5 Å². The molecule has 0 heterocycles. The molecule has 0 unspecified atom stereocenters. The van der Waals surface area contributed by atoms with Gasteiger partial charge in [0, 0.05) is 25.4 Å². The molecule has 0 spiro atoms. The van der Waals surface area contributed by atoms with Crippen molar-refractivity contribution in [1.29, 1.82) is 5.26 Å². The minimum atomic E-state index is -0.935. The van der Waals surface area contributed by atoms with Crippen molar-refractivity contribution in [2.75, 3.05) is 13.2 Å². The highest BCUT2D eigenvalue weighted by Gasteiger charge is 1.90. The lowest BCUT2D eigenvalue weighted by Gasteiger charge is -1.96. The maximum absolute atomic E-state index is 9.60. The van der Waals surface area contributed by atoms with Gasteiger partial charge in [0.1, 0.15) is 0 Å². The van der Waals surface area contributed by atoms with Crippen LogP contribution in [0.3, 0.4) is 0 Å². The number of ether oxygens (including phenoxy) is 1. The van der Waals surface area contributed by atoms with E-state index in [0.29, 0.717) is 0 Å². The van der Waals surface area contributed by atoms with Gasteiger partial charge in [0.2, 0.25) is 0 Å². The van der Waals surface area contributed by atoms with Crippen molar-refractivity contribution in [2.45, 2.75) is 40.0 Å². The average Bonchev–Trinajstić information content (AvgIpc) is 2.28. The Balaban J connectivity index is -0.000000188. The molecule has 0 aromatic rings. The number of carbonyl (C=O) groups is 1. The average molecular weight is 229 g/mol. The summed E-state index contributed by atoms with van der Waals surface area (Å²) in [6.07, 6.45) is 3.82. The van der Waals surface area contributed by atoms with E-state index in [1.165, 1.54) is 26.2 Å². The van der Waals surface area contributed by atoms with Crippen molar-refractivity contribution in [2.24, 2.45) is 0 Å². The molecule has 94 valence electrons. The van der Waals surface area contributed by atoms with Gasteiger partial charge in [-0.25, -0.2) is 10.1 Å². The fourth-order valence-electron chi connectivity index (χ4n) is 0.598. The van der Waals surface area contributed by atoms with Crippen LogP contribution in [0, 0.1) is 11.8 Å². The largest absolute Gasteiger partial charge is 0.478 e. The van der Waals surface area contributed by atoms with E-state index >= 15 is 0 Å². The van der Waals surface area contributed by atoms with Crippen LogP contribution in [0.2, 0.25) is 0 Å². The van der Waals surface area contributed by atoms with E-state index in [2.05, 4.69) is 20.1 Å². The molecular formula is C12H23NO3. The van der Waals surface area contributed by atoms with Crippen LogP contribution >= 0.6 is 0 Å². The predicted octanol–water partition coefficient (Wildman–Crippen LogP) is 3.00. The summed E-state index contributed by atoms with van der Waals surface area (Å²) in [4.78, 5) is 9.60. The maximum Gasteiger partial charge on any atom is 0.330 e. The molecule has 0 aliphatic rings. The van der Waals surface area contributed by atoms with E-state index in [1.807, 2.05) is 6.92 Å². The molecule has 0 atom stereocenters. The second-order valence-corrected chi connectivity index (χ2v) is 2.99. The molecule has 0 radical (unpaired) electrons. The van der Waals surface area contributed by atoms with E-state index in [0.717, 1.165) is 13.2 Å². The van der Waals surface area contributed by atoms with Crippen molar-refractivity contribution in [3.63, 3.8) is 0 Å². The fraction of sp³-hybridized carbons (Fsp3) is 0.667. The Hall–Kier alpha value is -1.34. The van der Waals surface area contributed by atoms with Gasteiger partial charge in [0.25, 0.3) is 0 Å². The van der Waals surface area contributed by atoms with Gasteiger partial charge in [-0.1, -0.05) is 26.3 Å². The van der Waals surface area contributed by atoms with Crippen LogP contribution in [0.15, 0.2) is 12.2 Å². The summed E-state index contributed by atoms with van der Waals surface area (Å²) in [5.41, 5.74) is 0.176.